The van der Waals surface area contributed by atoms with Crippen molar-refractivity contribution < 1.29 is 0 Å². The van der Waals surface area contributed by atoms with Crippen LogP contribution in [0.4, 0.5) is 17.1 Å². The minimum atomic E-state index is 0.628. The summed E-state index contributed by atoms with van der Waals surface area (Å²) in [6.45, 7) is 15.0. The molecule has 0 amide bonds. The molecule has 4 heteroatoms. The Kier molecular flexibility index (Phi) is 7.66. The van der Waals surface area contributed by atoms with Crippen LogP contribution >= 0.6 is 12.2 Å². The molecule has 0 radical (unpaired) electrons. The van der Waals surface area contributed by atoms with Crippen LogP contribution < -0.4 is 15.5 Å². The Morgan fingerprint density at radius 3 is 2.00 bits per heavy atom. The summed E-state index contributed by atoms with van der Waals surface area (Å²) >= 11 is 5.61. The number of nitrogens with one attached hydrogen (secondary N) is 2. The van der Waals surface area contributed by atoms with Crippen molar-refractivity contribution in [3.05, 3.63) is 52.6 Å². The first kappa shape index (κ1) is 21.2. The van der Waals surface area contributed by atoms with Gasteiger partial charge in [-0.3, -0.25) is 0 Å². The number of rotatable bonds is 7. The second-order valence-corrected chi connectivity index (χ2v) is 7.75. The summed E-state index contributed by atoms with van der Waals surface area (Å²) in [5.74, 6) is 0. The van der Waals surface area contributed by atoms with Gasteiger partial charge in [-0.25, -0.2) is 0 Å². The minimum absolute atomic E-state index is 0.628. The van der Waals surface area contributed by atoms with Crippen molar-refractivity contribution >= 4 is 34.4 Å². The Balaban J connectivity index is 2.19. The highest BCUT2D eigenvalue weighted by Crippen LogP contribution is 2.26. The van der Waals surface area contributed by atoms with Crippen molar-refractivity contribution in [2.75, 3.05) is 28.6 Å². The van der Waals surface area contributed by atoms with Crippen LogP contribution in [-0.2, 0) is 0 Å². The Morgan fingerprint density at radius 1 is 0.852 bits per heavy atom. The number of thiocarbonyl (C=S) groups is 1. The van der Waals surface area contributed by atoms with E-state index in [1.165, 1.54) is 27.9 Å². The van der Waals surface area contributed by atoms with Crippen molar-refractivity contribution in [1.29, 1.82) is 0 Å². The lowest BCUT2D eigenvalue weighted by molar-refractivity contribution is 0.745. The first-order valence-corrected chi connectivity index (χ1v) is 10.3. The molecule has 0 aliphatic carbocycles. The average molecular weight is 384 g/mol. The molecular weight excluding hydrogens is 350 g/mol. The molecule has 3 nitrogen and oxygen atoms in total. The molecule has 0 spiro atoms. The van der Waals surface area contributed by atoms with Crippen LogP contribution in [0.15, 0.2) is 30.3 Å². The highest BCUT2D eigenvalue weighted by molar-refractivity contribution is 7.80. The molecule has 0 aromatic heterocycles. The van der Waals surface area contributed by atoms with Crippen LogP contribution in [-0.4, -0.2) is 18.2 Å². The lowest BCUT2D eigenvalue weighted by atomic mass is 10.1. The molecule has 0 unspecified atom stereocenters. The minimum Gasteiger partial charge on any atom is -0.371 e. The van der Waals surface area contributed by atoms with E-state index in [0.717, 1.165) is 37.3 Å². The van der Waals surface area contributed by atoms with Gasteiger partial charge in [0.2, 0.25) is 0 Å². The maximum Gasteiger partial charge on any atom is 0.175 e. The van der Waals surface area contributed by atoms with Crippen LogP contribution in [0.25, 0.3) is 0 Å². The Morgan fingerprint density at radius 2 is 1.44 bits per heavy atom. The normalized spacial score (nSPS) is 10.6. The summed E-state index contributed by atoms with van der Waals surface area (Å²) in [7, 11) is 0. The standard InChI is InChI=1S/C23H33N3S/c1-7-11-26(12-8-2)20-10-9-17(4)21(15-20)24-23(27)25-22-18(5)13-16(3)14-19(22)6/h9-10,13-15H,7-8,11-12H2,1-6H3,(H2,24,25,27). The highest BCUT2D eigenvalue weighted by Gasteiger charge is 2.10. The van der Waals surface area contributed by atoms with Crippen LogP contribution in [0.3, 0.4) is 0 Å². The average Bonchev–Trinajstić information content (AvgIpc) is 2.60. The summed E-state index contributed by atoms with van der Waals surface area (Å²) in [5.41, 5.74) is 8.27. The van der Waals surface area contributed by atoms with E-state index < -0.39 is 0 Å². The second kappa shape index (κ2) is 9.75. The molecule has 0 aliphatic rings. The predicted molar refractivity (Wildman–Crippen MR) is 124 cm³/mol. The van der Waals surface area contributed by atoms with Gasteiger partial charge >= 0.3 is 0 Å². The third kappa shape index (κ3) is 5.70. The molecule has 2 aromatic rings. The molecule has 0 atom stereocenters. The molecule has 0 heterocycles. The van der Waals surface area contributed by atoms with E-state index in [1.807, 2.05) is 0 Å². The fourth-order valence-electron chi connectivity index (χ4n) is 3.50. The van der Waals surface area contributed by atoms with Gasteiger partial charge < -0.3 is 15.5 Å². The van der Waals surface area contributed by atoms with Gasteiger partial charge in [-0.1, -0.05) is 37.6 Å². The van der Waals surface area contributed by atoms with Crippen LogP contribution in [0.2, 0.25) is 0 Å². The zero-order valence-electron chi connectivity index (χ0n) is 17.6. The Bertz CT molecular complexity index is 769. The Labute approximate surface area is 170 Å². The van der Waals surface area contributed by atoms with E-state index in [1.54, 1.807) is 0 Å². The fourth-order valence-corrected chi connectivity index (χ4v) is 3.71. The van der Waals surface area contributed by atoms with E-state index >= 15 is 0 Å². The van der Waals surface area contributed by atoms with Crippen LogP contribution in [0, 0.1) is 27.7 Å². The van der Waals surface area contributed by atoms with Crippen molar-refractivity contribution in [1.82, 2.24) is 0 Å². The van der Waals surface area contributed by atoms with Crippen molar-refractivity contribution in [2.24, 2.45) is 0 Å². The highest BCUT2D eigenvalue weighted by atomic mass is 32.1. The zero-order valence-corrected chi connectivity index (χ0v) is 18.4. The summed E-state index contributed by atoms with van der Waals surface area (Å²) in [4.78, 5) is 2.44. The molecule has 0 saturated carbocycles. The van der Waals surface area contributed by atoms with Crippen molar-refractivity contribution in [3.8, 4) is 0 Å². The van der Waals surface area contributed by atoms with Gasteiger partial charge in [0.05, 0.1) is 0 Å². The molecule has 0 saturated heterocycles. The van der Waals surface area contributed by atoms with Gasteiger partial charge in [0.1, 0.15) is 0 Å². The number of aryl methyl sites for hydroxylation is 4. The first-order chi connectivity index (χ1) is 12.8. The molecule has 0 bridgehead atoms. The molecule has 27 heavy (non-hydrogen) atoms. The molecule has 2 rings (SSSR count). The maximum absolute atomic E-state index is 5.61. The third-order valence-corrected chi connectivity index (χ3v) is 4.94. The first-order valence-electron chi connectivity index (χ1n) is 9.87. The van der Waals surface area contributed by atoms with Gasteiger partial charge in [0, 0.05) is 30.2 Å². The van der Waals surface area contributed by atoms with Crippen LogP contribution in [0.1, 0.15) is 48.9 Å². The zero-order chi connectivity index (χ0) is 20.0. The van der Waals surface area contributed by atoms with E-state index in [4.69, 9.17) is 12.2 Å². The van der Waals surface area contributed by atoms with Gasteiger partial charge in [0.15, 0.2) is 5.11 Å². The monoisotopic (exact) mass is 383 g/mol. The number of benzene rings is 2. The lowest BCUT2D eigenvalue weighted by Crippen LogP contribution is -2.25. The van der Waals surface area contributed by atoms with Gasteiger partial charge in [0.25, 0.3) is 0 Å². The van der Waals surface area contributed by atoms with E-state index in [0.29, 0.717) is 5.11 Å². The van der Waals surface area contributed by atoms with Crippen molar-refractivity contribution in [2.45, 2.75) is 54.4 Å². The summed E-state index contributed by atoms with van der Waals surface area (Å²) in [6.07, 6.45) is 2.28. The smallest absolute Gasteiger partial charge is 0.175 e. The van der Waals surface area contributed by atoms with Gasteiger partial charge in [-0.05, 0) is 81.6 Å². The van der Waals surface area contributed by atoms with E-state index in [-0.39, 0.29) is 0 Å². The number of hydrogen-bond acceptors (Lipinski definition) is 2. The summed E-state index contributed by atoms with van der Waals surface area (Å²) in [5, 5.41) is 7.42. The third-order valence-electron chi connectivity index (χ3n) is 4.74. The lowest BCUT2D eigenvalue weighted by Gasteiger charge is -2.25. The molecule has 146 valence electrons. The SMILES string of the molecule is CCCN(CCC)c1ccc(C)c(NC(=S)Nc2c(C)cc(C)cc2C)c1. The topological polar surface area (TPSA) is 27.3 Å². The Hall–Kier alpha value is -2.07. The number of nitrogens with zero attached hydrogens (tertiary/aromatic N) is 1. The molecule has 2 aromatic carbocycles. The fraction of sp³-hybridized carbons (Fsp3) is 0.435. The summed E-state index contributed by atoms with van der Waals surface area (Å²) in [6, 6.07) is 10.9. The van der Waals surface area contributed by atoms with Gasteiger partial charge in [-0.15, -0.1) is 0 Å². The number of hydrogen-bond donors (Lipinski definition) is 2. The predicted octanol–water partition coefficient (Wildman–Crippen LogP) is 6.36. The van der Waals surface area contributed by atoms with Crippen LogP contribution in [0.5, 0.6) is 0 Å². The second-order valence-electron chi connectivity index (χ2n) is 7.34. The molecule has 2 N–H and O–H groups in total. The molecule has 0 fully saturated rings. The molecular formula is C23H33N3S. The quantitative estimate of drug-likeness (QED) is 0.544. The largest absolute Gasteiger partial charge is 0.371 e. The summed E-state index contributed by atoms with van der Waals surface area (Å²) < 4.78 is 0. The number of anilines is 3. The van der Waals surface area contributed by atoms with E-state index in [9.17, 15) is 0 Å². The van der Waals surface area contributed by atoms with E-state index in [2.05, 4.69) is 87.4 Å². The van der Waals surface area contributed by atoms with Crippen molar-refractivity contribution in [3.63, 3.8) is 0 Å². The molecule has 0 aliphatic heterocycles. The van der Waals surface area contributed by atoms with Gasteiger partial charge in [-0.2, -0.15) is 0 Å². The maximum atomic E-state index is 5.61.